The highest BCUT2D eigenvalue weighted by Gasteiger charge is 2.61. The van der Waals surface area contributed by atoms with E-state index in [9.17, 15) is 27.6 Å². The van der Waals surface area contributed by atoms with E-state index in [1.165, 1.54) is 4.90 Å². The van der Waals surface area contributed by atoms with Crippen LogP contribution in [0.3, 0.4) is 0 Å². The minimum atomic E-state index is -3.84. The summed E-state index contributed by atoms with van der Waals surface area (Å²) < 4.78 is 38.7. The number of hydrogen-bond acceptors (Lipinski definition) is 9. The summed E-state index contributed by atoms with van der Waals surface area (Å²) in [6.07, 6.45) is 2.14. The van der Waals surface area contributed by atoms with Crippen molar-refractivity contribution < 1.29 is 37.1 Å². The number of primary amides is 1. The number of ether oxygens (including phenoxy) is 2. The first-order valence-corrected chi connectivity index (χ1v) is 16.4. The molecule has 2 aromatic rings. The summed E-state index contributed by atoms with van der Waals surface area (Å²) in [6.45, 7) is 6.98. The summed E-state index contributed by atoms with van der Waals surface area (Å²) in [6, 6.07) is 4.13. The van der Waals surface area contributed by atoms with Crippen LogP contribution in [0.15, 0.2) is 30.5 Å². The second kappa shape index (κ2) is 11.7. The van der Waals surface area contributed by atoms with Crippen molar-refractivity contribution in [3.63, 3.8) is 0 Å². The maximum absolute atomic E-state index is 14.0. The SMILES string of the molecule is COc1ccc2c(O[C@@H]3C[C@@H](C(=O)N[C@]4(C(=O)NS(=O)(=O)C5CC5)C[C@H]4C)N(C(=O)[C@@H](NC(N)=O)C(C)(C)C)C3)nccc2c1. The van der Waals surface area contributed by atoms with Crippen LogP contribution in [0.25, 0.3) is 10.8 Å². The highest BCUT2D eigenvalue weighted by Crippen LogP contribution is 2.44. The van der Waals surface area contributed by atoms with E-state index in [2.05, 4.69) is 20.3 Å². The zero-order chi connectivity index (χ0) is 32.9. The minimum absolute atomic E-state index is 0.0248. The van der Waals surface area contributed by atoms with Gasteiger partial charge in [0, 0.05) is 18.0 Å². The average Bonchev–Trinajstić information content (AvgIpc) is 3.88. The first kappa shape index (κ1) is 32.3. The Labute approximate surface area is 261 Å². The van der Waals surface area contributed by atoms with E-state index in [1.807, 2.05) is 6.07 Å². The van der Waals surface area contributed by atoms with Crippen LogP contribution in [0.4, 0.5) is 4.79 Å². The van der Waals surface area contributed by atoms with Crippen molar-refractivity contribution in [3.8, 4) is 11.6 Å². The molecule has 1 aromatic heterocycles. The van der Waals surface area contributed by atoms with Gasteiger partial charge in [0.25, 0.3) is 5.91 Å². The Kier molecular flexibility index (Phi) is 8.36. The fourth-order valence-corrected chi connectivity index (χ4v) is 7.16. The Morgan fingerprint density at radius 2 is 1.84 bits per heavy atom. The van der Waals surface area contributed by atoms with Crippen LogP contribution in [0.2, 0.25) is 0 Å². The second-order valence-electron chi connectivity index (χ2n) is 13.2. The molecule has 2 heterocycles. The van der Waals surface area contributed by atoms with Gasteiger partial charge in [-0.05, 0) is 60.2 Å². The molecule has 0 unspecified atom stereocenters. The molecule has 14 nitrogen and oxygen atoms in total. The number of likely N-dealkylation sites (tertiary alicyclic amines) is 1. The maximum atomic E-state index is 14.0. The number of pyridine rings is 1. The summed E-state index contributed by atoms with van der Waals surface area (Å²) in [5.41, 5.74) is 3.20. The van der Waals surface area contributed by atoms with Gasteiger partial charge < -0.3 is 30.7 Å². The predicted molar refractivity (Wildman–Crippen MR) is 164 cm³/mol. The summed E-state index contributed by atoms with van der Waals surface area (Å²) in [7, 11) is -2.27. The van der Waals surface area contributed by atoms with Crippen LogP contribution in [0.1, 0.15) is 53.4 Å². The third kappa shape index (κ3) is 6.63. The molecule has 5 amide bonds. The molecule has 1 saturated heterocycles. The number of hydrogen-bond donors (Lipinski definition) is 4. The van der Waals surface area contributed by atoms with E-state index in [4.69, 9.17) is 15.2 Å². The summed E-state index contributed by atoms with van der Waals surface area (Å²) in [5, 5.41) is 6.17. The Morgan fingerprint density at radius 1 is 1.16 bits per heavy atom. The van der Waals surface area contributed by atoms with Gasteiger partial charge >= 0.3 is 6.03 Å². The molecule has 3 aliphatic rings. The zero-order valence-corrected chi connectivity index (χ0v) is 26.8. The summed E-state index contributed by atoms with van der Waals surface area (Å²) in [4.78, 5) is 58.7. The van der Waals surface area contributed by atoms with Crippen LogP contribution in [-0.4, -0.2) is 84.7 Å². The Morgan fingerprint density at radius 3 is 2.42 bits per heavy atom. The molecule has 2 saturated carbocycles. The van der Waals surface area contributed by atoms with Gasteiger partial charge in [0.15, 0.2) is 0 Å². The molecule has 0 bridgehead atoms. The number of fused-ring (bicyclic) bond motifs is 1. The molecule has 45 heavy (non-hydrogen) atoms. The predicted octanol–water partition coefficient (Wildman–Crippen LogP) is 1.18. The van der Waals surface area contributed by atoms with Crippen LogP contribution in [-0.2, 0) is 24.4 Å². The van der Waals surface area contributed by atoms with Gasteiger partial charge in [-0.15, -0.1) is 0 Å². The quantitative estimate of drug-likeness (QED) is 0.293. The summed E-state index contributed by atoms with van der Waals surface area (Å²) >= 11 is 0. The number of methoxy groups -OCH3 is 1. The van der Waals surface area contributed by atoms with Crippen LogP contribution in [0, 0.1) is 11.3 Å². The van der Waals surface area contributed by atoms with E-state index >= 15 is 0 Å². The number of nitrogens with zero attached hydrogens (tertiary/aromatic N) is 2. The van der Waals surface area contributed by atoms with Gasteiger partial charge in [-0.3, -0.25) is 19.1 Å². The average molecular weight is 645 g/mol. The van der Waals surface area contributed by atoms with Gasteiger partial charge in [-0.2, -0.15) is 0 Å². The lowest BCUT2D eigenvalue weighted by molar-refractivity contribution is -0.142. The minimum Gasteiger partial charge on any atom is -0.497 e. The van der Waals surface area contributed by atoms with Crippen LogP contribution in [0.5, 0.6) is 11.6 Å². The molecule has 15 heteroatoms. The first-order chi connectivity index (χ1) is 21.1. The van der Waals surface area contributed by atoms with E-state index in [1.54, 1.807) is 59.2 Å². The molecule has 1 aromatic carbocycles. The molecule has 5 rings (SSSR count). The number of rotatable bonds is 10. The van der Waals surface area contributed by atoms with Crippen molar-refractivity contribution in [1.82, 2.24) is 25.2 Å². The van der Waals surface area contributed by atoms with Gasteiger partial charge in [0.05, 0.1) is 18.9 Å². The van der Waals surface area contributed by atoms with Crippen molar-refractivity contribution in [2.45, 2.75) is 82.4 Å². The summed E-state index contributed by atoms with van der Waals surface area (Å²) in [5.74, 6) is -1.36. The van der Waals surface area contributed by atoms with Crippen molar-refractivity contribution in [2.24, 2.45) is 17.1 Å². The van der Waals surface area contributed by atoms with Gasteiger partial charge in [0.1, 0.15) is 29.5 Å². The molecule has 5 N–H and O–H groups in total. The van der Waals surface area contributed by atoms with Gasteiger partial charge in [-0.1, -0.05) is 27.7 Å². The zero-order valence-electron chi connectivity index (χ0n) is 26.0. The highest BCUT2D eigenvalue weighted by atomic mass is 32.2. The molecule has 3 fully saturated rings. The van der Waals surface area contributed by atoms with E-state index in [-0.39, 0.29) is 25.3 Å². The first-order valence-electron chi connectivity index (χ1n) is 14.9. The third-order valence-electron chi connectivity index (χ3n) is 8.72. The van der Waals surface area contributed by atoms with E-state index in [0.717, 1.165) is 5.39 Å². The fraction of sp³-hybridized carbons (Fsp3) is 0.567. The lowest BCUT2D eigenvalue weighted by Gasteiger charge is -2.35. The third-order valence-corrected chi connectivity index (χ3v) is 10.5. The number of sulfonamides is 1. The van der Waals surface area contributed by atoms with Crippen LogP contribution >= 0.6 is 0 Å². The van der Waals surface area contributed by atoms with Crippen molar-refractivity contribution in [3.05, 3.63) is 30.5 Å². The Balaban J connectivity index is 1.42. The largest absolute Gasteiger partial charge is 0.497 e. The molecule has 0 radical (unpaired) electrons. The molecular formula is C30H40N6O8S. The number of nitrogens with two attached hydrogens (primary N) is 1. The number of urea groups is 1. The van der Waals surface area contributed by atoms with Crippen molar-refractivity contribution in [2.75, 3.05) is 13.7 Å². The number of carbonyl (C=O) groups is 4. The number of nitrogens with one attached hydrogen (secondary N) is 3. The second-order valence-corrected chi connectivity index (χ2v) is 15.2. The highest BCUT2D eigenvalue weighted by molar-refractivity contribution is 7.91. The Bertz CT molecular complexity index is 1640. The molecule has 5 atom stereocenters. The monoisotopic (exact) mass is 644 g/mol. The molecule has 244 valence electrons. The fourth-order valence-electron chi connectivity index (χ4n) is 5.80. The topological polar surface area (TPSA) is 199 Å². The van der Waals surface area contributed by atoms with Crippen molar-refractivity contribution >= 4 is 44.5 Å². The lowest BCUT2D eigenvalue weighted by Crippen LogP contribution is -2.60. The van der Waals surface area contributed by atoms with E-state index in [0.29, 0.717) is 29.9 Å². The van der Waals surface area contributed by atoms with E-state index < -0.39 is 68.2 Å². The van der Waals surface area contributed by atoms with Crippen LogP contribution < -0.4 is 30.6 Å². The standard InChI is InChI=1S/C30H40N6O8S/c1-16-14-30(16,27(39)35-45(41,42)20-7-8-20)34-24(37)22-13-19(15-36(22)26(38)23(29(2,3)4)33-28(31)40)44-25-21-9-6-18(43-5)12-17(21)10-11-32-25/h6,9-12,16,19-20,22-23H,7-8,13-15H2,1-5H3,(H,34,37)(H,35,39)(H3,31,33,40)/t16-,19-,22+,23-,30-/m1/s1. The number of benzene rings is 1. The Hall–Kier alpha value is -4.14. The lowest BCUT2D eigenvalue weighted by atomic mass is 9.85. The number of amides is 5. The number of carbonyl (C=O) groups excluding carboxylic acids is 4. The number of aromatic nitrogens is 1. The smallest absolute Gasteiger partial charge is 0.312 e. The van der Waals surface area contributed by atoms with Gasteiger partial charge in [0.2, 0.25) is 27.7 Å². The van der Waals surface area contributed by atoms with Gasteiger partial charge in [-0.25, -0.2) is 18.2 Å². The van der Waals surface area contributed by atoms with Crippen molar-refractivity contribution in [1.29, 1.82) is 0 Å². The molecule has 1 aliphatic heterocycles. The molecular weight excluding hydrogens is 604 g/mol. The maximum Gasteiger partial charge on any atom is 0.312 e. The molecule has 2 aliphatic carbocycles. The normalized spacial score (nSPS) is 25.3. The molecule has 0 spiro atoms.